The van der Waals surface area contributed by atoms with Crippen LogP contribution in [-0.2, 0) is 0 Å². The van der Waals surface area contributed by atoms with Gasteiger partial charge in [0.2, 0.25) is 5.95 Å². The molecule has 0 atom stereocenters. The Bertz CT molecular complexity index is 441. The lowest BCUT2D eigenvalue weighted by atomic mass is 9.92. The zero-order valence-corrected chi connectivity index (χ0v) is 10.1. The minimum absolute atomic E-state index is 0.0127. The lowest BCUT2D eigenvalue weighted by molar-refractivity contribution is 0.318. The van der Waals surface area contributed by atoms with Gasteiger partial charge in [0, 0.05) is 18.8 Å². The van der Waals surface area contributed by atoms with Crippen LogP contribution in [-0.4, -0.2) is 34.1 Å². The summed E-state index contributed by atoms with van der Waals surface area (Å²) >= 11 is 0. The van der Waals surface area contributed by atoms with Crippen LogP contribution in [0.25, 0.3) is 0 Å². The van der Waals surface area contributed by atoms with E-state index in [1.54, 1.807) is 6.07 Å². The zero-order valence-electron chi connectivity index (χ0n) is 10.1. The minimum atomic E-state index is 0.0127. The smallest absolute Gasteiger partial charge is 0.226 e. The molecule has 2 rings (SSSR count). The second-order valence-electron chi connectivity index (χ2n) is 4.38. The van der Waals surface area contributed by atoms with Gasteiger partial charge in [-0.25, -0.2) is 9.97 Å². The summed E-state index contributed by atoms with van der Waals surface area (Å²) in [6.07, 6.45) is 3.60. The van der Waals surface area contributed by atoms with E-state index in [4.69, 9.17) is 10.9 Å². The van der Waals surface area contributed by atoms with Crippen molar-refractivity contribution in [1.82, 2.24) is 9.97 Å². The Morgan fingerprint density at radius 2 is 2.24 bits per heavy atom. The Hall–Kier alpha value is -1.85. The highest BCUT2D eigenvalue weighted by Gasteiger charge is 2.24. The van der Waals surface area contributed by atoms with Gasteiger partial charge < -0.3 is 15.8 Å². The number of hydrogen-bond acceptors (Lipinski definition) is 5. The van der Waals surface area contributed by atoms with E-state index in [9.17, 15) is 0 Å². The van der Waals surface area contributed by atoms with Crippen LogP contribution in [0, 0.1) is 6.92 Å². The molecule has 6 heteroatoms. The summed E-state index contributed by atoms with van der Waals surface area (Å²) in [6, 6.07) is 2.21. The highest BCUT2D eigenvalue weighted by molar-refractivity contribution is 5.95. The largest absolute Gasteiger partial charge is 0.409 e. The van der Waals surface area contributed by atoms with Crippen LogP contribution in [0.2, 0.25) is 0 Å². The fourth-order valence-electron chi connectivity index (χ4n) is 1.83. The maximum Gasteiger partial charge on any atom is 0.226 e. The van der Waals surface area contributed by atoms with Crippen molar-refractivity contribution in [2.24, 2.45) is 10.9 Å². The predicted molar refractivity (Wildman–Crippen MR) is 65.3 cm³/mol. The fourth-order valence-corrected chi connectivity index (χ4v) is 1.83. The SMILES string of the molecule is Cc1cc(/C(N)=N/O)nc(N(C)C2CCC2)n1. The summed E-state index contributed by atoms with van der Waals surface area (Å²) < 4.78 is 0. The van der Waals surface area contributed by atoms with Crippen molar-refractivity contribution in [3.63, 3.8) is 0 Å². The molecule has 1 aromatic heterocycles. The Labute approximate surface area is 100 Å². The molecule has 1 heterocycles. The Kier molecular flexibility index (Phi) is 3.12. The van der Waals surface area contributed by atoms with Crippen LogP contribution in [0.1, 0.15) is 30.7 Å². The van der Waals surface area contributed by atoms with Crippen molar-refractivity contribution in [2.45, 2.75) is 32.2 Å². The van der Waals surface area contributed by atoms with Crippen LogP contribution in [0.15, 0.2) is 11.2 Å². The van der Waals surface area contributed by atoms with Gasteiger partial charge in [-0.05, 0) is 32.3 Å². The fraction of sp³-hybridized carbons (Fsp3) is 0.545. The van der Waals surface area contributed by atoms with Crippen molar-refractivity contribution in [3.05, 3.63) is 17.5 Å². The standard InChI is InChI=1S/C11H17N5O/c1-7-6-9(10(12)15-17)14-11(13-7)16(2)8-4-3-5-8/h6,8,17H,3-5H2,1-2H3,(H2,12,15). The molecule has 0 unspecified atom stereocenters. The summed E-state index contributed by atoms with van der Waals surface area (Å²) in [6.45, 7) is 1.87. The number of aryl methyl sites for hydroxylation is 1. The number of nitrogens with two attached hydrogens (primary N) is 1. The molecule has 17 heavy (non-hydrogen) atoms. The Morgan fingerprint density at radius 1 is 1.53 bits per heavy atom. The van der Waals surface area contributed by atoms with E-state index in [-0.39, 0.29) is 5.84 Å². The van der Waals surface area contributed by atoms with Gasteiger partial charge in [0.05, 0.1) is 0 Å². The number of anilines is 1. The maximum absolute atomic E-state index is 8.66. The maximum atomic E-state index is 8.66. The first-order valence-electron chi connectivity index (χ1n) is 5.68. The first-order chi connectivity index (χ1) is 8.11. The molecule has 1 aliphatic rings. The molecule has 1 fully saturated rings. The molecule has 0 saturated heterocycles. The molecular formula is C11H17N5O. The number of rotatable bonds is 3. The van der Waals surface area contributed by atoms with E-state index in [1.165, 1.54) is 19.3 Å². The van der Waals surface area contributed by atoms with Gasteiger partial charge in [0.25, 0.3) is 0 Å². The van der Waals surface area contributed by atoms with E-state index in [0.29, 0.717) is 17.7 Å². The van der Waals surface area contributed by atoms with E-state index in [0.717, 1.165) is 5.69 Å². The molecular weight excluding hydrogens is 218 g/mol. The summed E-state index contributed by atoms with van der Waals surface area (Å²) in [5.74, 6) is 0.648. The monoisotopic (exact) mass is 235 g/mol. The molecule has 0 radical (unpaired) electrons. The van der Waals surface area contributed by atoms with Gasteiger partial charge in [-0.3, -0.25) is 0 Å². The van der Waals surface area contributed by atoms with Gasteiger partial charge in [-0.2, -0.15) is 0 Å². The number of nitrogens with zero attached hydrogens (tertiary/aromatic N) is 4. The molecule has 1 saturated carbocycles. The Morgan fingerprint density at radius 3 is 2.76 bits per heavy atom. The molecule has 0 aliphatic heterocycles. The molecule has 1 aromatic rings. The van der Waals surface area contributed by atoms with Gasteiger partial charge in [0.15, 0.2) is 5.84 Å². The quantitative estimate of drug-likeness (QED) is 0.351. The lowest BCUT2D eigenvalue weighted by Gasteiger charge is -2.34. The van der Waals surface area contributed by atoms with E-state index in [2.05, 4.69) is 20.0 Å². The van der Waals surface area contributed by atoms with Crippen LogP contribution >= 0.6 is 0 Å². The first-order valence-corrected chi connectivity index (χ1v) is 5.68. The van der Waals surface area contributed by atoms with Gasteiger partial charge in [-0.15, -0.1) is 0 Å². The highest BCUT2D eigenvalue weighted by atomic mass is 16.4. The van der Waals surface area contributed by atoms with E-state index in [1.807, 2.05) is 14.0 Å². The van der Waals surface area contributed by atoms with Crippen molar-refractivity contribution in [3.8, 4) is 0 Å². The zero-order chi connectivity index (χ0) is 12.4. The van der Waals surface area contributed by atoms with Crippen LogP contribution in [0.4, 0.5) is 5.95 Å². The summed E-state index contributed by atoms with van der Waals surface area (Å²) in [5.41, 5.74) is 6.81. The molecule has 0 aromatic carbocycles. The van der Waals surface area contributed by atoms with Gasteiger partial charge in [0.1, 0.15) is 5.69 Å². The van der Waals surface area contributed by atoms with E-state index < -0.39 is 0 Å². The Balaban J connectivity index is 2.30. The molecule has 92 valence electrons. The third kappa shape index (κ3) is 2.30. The number of oxime groups is 1. The highest BCUT2D eigenvalue weighted by Crippen LogP contribution is 2.26. The van der Waals surface area contributed by atoms with Gasteiger partial charge in [-0.1, -0.05) is 5.16 Å². The minimum Gasteiger partial charge on any atom is -0.409 e. The summed E-state index contributed by atoms with van der Waals surface area (Å²) in [7, 11) is 1.98. The molecule has 0 bridgehead atoms. The second kappa shape index (κ2) is 4.57. The molecule has 1 aliphatic carbocycles. The average Bonchev–Trinajstić information content (AvgIpc) is 2.24. The van der Waals surface area contributed by atoms with Crippen LogP contribution in [0.5, 0.6) is 0 Å². The number of amidine groups is 1. The molecule has 6 nitrogen and oxygen atoms in total. The normalized spacial score (nSPS) is 16.7. The number of hydrogen-bond donors (Lipinski definition) is 2. The van der Waals surface area contributed by atoms with Crippen molar-refractivity contribution < 1.29 is 5.21 Å². The third-order valence-corrected chi connectivity index (χ3v) is 3.15. The van der Waals surface area contributed by atoms with Gasteiger partial charge >= 0.3 is 0 Å². The predicted octanol–water partition coefficient (Wildman–Crippen LogP) is 0.868. The second-order valence-corrected chi connectivity index (χ2v) is 4.38. The van der Waals surface area contributed by atoms with E-state index >= 15 is 0 Å². The molecule has 3 N–H and O–H groups in total. The summed E-state index contributed by atoms with van der Waals surface area (Å²) in [4.78, 5) is 10.7. The average molecular weight is 235 g/mol. The third-order valence-electron chi connectivity index (χ3n) is 3.15. The molecule has 0 amide bonds. The topological polar surface area (TPSA) is 87.6 Å². The van der Waals surface area contributed by atoms with Crippen LogP contribution < -0.4 is 10.6 Å². The lowest BCUT2D eigenvalue weighted by Crippen LogP contribution is -2.38. The summed E-state index contributed by atoms with van der Waals surface area (Å²) in [5, 5.41) is 11.6. The van der Waals surface area contributed by atoms with Crippen molar-refractivity contribution in [1.29, 1.82) is 0 Å². The number of aromatic nitrogens is 2. The first kappa shape index (κ1) is 11.6. The van der Waals surface area contributed by atoms with Crippen LogP contribution in [0.3, 0.4) is 0 Å². The van der Waals surface area contributed by atoms with Crippen molar-refractivity contribution >= 4 is 11.8 Å². The molecule has 0 spiro atoms. The van der Waals surface area contributed by atoms with Crippen molar-refractivity contribution in [2.75, 3.05) is 11.9 Å².